The summed E-state index contributed by atoms with van der Waals surface area (Å²) >= 11 is 4.93. The Morgan fingerprint density at radius 2 is 2.18 bits per heavy atom. The van der Waals surface area contributed by atoms with Crippen molar-refractivity contribution in [2.45, 2.75) is 13.5 Å². The summed E-state index contributed by atoms with van der Waals surface area (Å²) in [6.45, 7) is 2.65. The highest BCUT2D eigenvalue weighted by molar-refractivity contribution is 9.10. The van der Waals surface area contributed by atoms with Crippen LogP contribution in [0.1, 0.15) is 10.7 Å². The maximum absolute atomic E-state index is 5.67. The molecule has 0 unspecified atom stereocenters. The second-order valence-electron chi connectivity index (χ2n) is 3.63. The Kier molecular flexibility index (Phi) is 3.58. The highest BCUT2D eigenvalue weighted by Gasteiger charge is 2.09. The van der Waals surface area contributed by atoms with Gasteiger partial charge in [-0.05, 0) is 22.9 Å². The van der Waals surface area contributed by atoms with Gasteiger partial charge in [-0.25, -0.2) is 9.97 Å². The van der Waals surface area contributed by atoms with Crippen LogP contribution < -0.4 is 10.6 Å². The predicted molar refractivity (Wildman–Crippen MR) is 73.1 cm³/mol. The van der Waals surface area contributed by atoms with Crippen molar-refractivity contribution in [3.8, 4) is 0 Å². The zero-order valence-corrected chi connectivity index (χ0v) is 11.9. The van der Waals surface area contributed by atoms with E-state index < -0.39 is 0 Å². The number of halogens is 1. The quantitative estimate of drug-likeness (QED) is 0.880. The van der Waals surface area contributed by atoms with Crippen LogP contribution in [0.4, 0.5) is 11.8 Å². The Bertz CT molecular complexity index is 507. The summed E-state index contributed by atoms with van der Waals surface area (Å²) in [7, 11) is 1.91. The minimum atomic E-state index is 0.447. The van der Waals surface area contributed by atoms with E-state index in [0.29, 0.717) is 22.9 Å². The van der Waals surface area contributed by atoms with Crippen LogP contribution in [0, 0.1) is 6.92 Å². The molecule has 0 saturated heterocycles. The number of nitrogens with two attached hydrogens (primary N) is 1. The molecule has 0 bridgehead atoms. The zero-order chi connectivity index (χ0) is 12.4. The van der Waals surface area contributed by atoms with Crippen molar-refractivity contribution in [2.24, 2.45) is 0 Å². The smallest absolute Gasteiger partial charge is 0.228 e. The van der Waals surface area contributed by atoms with Crippen LogP contribution in [-0.2, 0) is 6.54 Å². The number of nitrogens with zero attached hydrogens (tertiary/aromatic N) is 4. The van der Waals surface area contributed by atoms with E-state index in [-0.39, 0.29) is 0 Å². The van der Waals surface area contributed by atoms with Crippen LogP contribution in [0.25, 0.3) is 0 Å². The fourth-order valence-electron chi connectivity index (χ4n) is 1.39. The summed E-state index contributed by atoms with van der Waals surface area (Å²) in [5, 5.41) is 3.09. The molecule has 2 heterocycles. The normalized spacial score (nSPS) is 10.5. The Morgan fingerprint density at radius 3 is 2.76 bits per heavy atom. The lowest BCUT2D eigenvalue weighted by Crippen LogP contribution is -2.19. The highest BCUT2D eigenvalue weighted by atomic mass is 79.9. The summed E-state index contributed by atoms with van der Waals surface area (Å²) < 4.78 is 0.682. The van der Waals surface area contributed by atoms with Crippen molar-refractivity contribution in [3.63, 3.8) is 0 Å². The van der Waals surface area contributed by atoms with Gasteiger partial charge >= 0.3 is 0 Å². The Morgan fingerprint density at radius 1 is 1.41 bits per heavy atom. The molecule has 0 saturated carbocycles. The highest BCUT2D eigenvalue weighted by Crippen LogP contribution is 2.17. The molecule has 0 aromatic carbocycles. The molecule has 2 aromatic rings. The third kappa shape index (κ3) is 3.13. The van der Waals surface area contributed by atoms with E-state index in [2.05, 4.69) is 30.9 Å². The lowest BCUT2D eigenvalue weighted by atomic mass is 10.4. The Hall–Kier alpha value is -1.21. The van der Waals surface area contributed by atoms with Gasteiger partial charge in [-0.3, -0.25) is 0 Å². The molecule has 0 aliphatic rings. The first-order valence-corrected chi connectivity index (χ1v) is 6.64. The van der Waals surface area contributed by atoms with E-state index in [4.69, 9.17) is 5.73 Å². The Balaban J connectivity index is 2.16. The number of nitrogen functional groups attached to an aromatic ring is 1. The number of thiazole rings is 1. The van der Waals surface area contributed by atoms with Crippen molar-refractivity contribution < 1.29 is 0 Å². The number of anilines is 2. The molecule has 2 N–H and O–H groups in total. The monoisotopic (exact) mass is 313 g/mol. The van der Waals surface area contributed by atoms with Crippen molar-refractivity contribution >= 4 is 39.0 Å². The van der Waals surface area contributed by atoms with Crippen LogP contribution in [-0.4, -0.2) is 22.0 Å². The summed E-state index contributed by atoms with van der Waals surface area (Å²) in [6, 6.07) is 1.67. The number of rotatable bonds is 3. The van der Waals surface area contributed by atoms with Gasteiger partial charge in [-0.15, -0.1) is 11.3 Å². The van der Waals surface area contributed by atoms with Gasteiger partial charge in [0.15, 0.2) is 0 Å². The van der Waals surface area contributed by atoms with Gasteiger partial charge in [-0.2, -0.15) is 4.98 Å². The molecule has 0 aliphatic heterocycles. The second kappa shape index (κ2) is 4.97. The van der Waals surface area contributed by atoms with Crippen LogP contribution >= 0.6 is 27.3 Å². The van der Waals surface area contributed by atoms with Gasteiger partial charge in [0.05, 0.1) is 17.2 Å². The van der Waals surface area contributed by atoms with Crippen LogP contribution in [0.15, 0.2) is 16.0 Å². The topological polar surface area (TPSA) is 67.9 Å². The molecule has 2 rings (SSSR count). The molecule has 0 atom stereocenters. The van der Waals surface area contributed by atoms with Gasteiger partial charge in [-0.1, -0.05) is 0 Å². The predicted octanol–water partition coefficient (Wildman–Crippen LogP) is 2.22. The first kappa shape index (κ1) is 12.3. The maximum Gasteiger partial charge on any atom is 0.228 e. The van der Waals surface area contributed by atoms with Gasteiger partial charge in [0.25, 0.3) is 0 Å². The molecule has 0 spiro atoms. The van der Waals surface area contributed by atoms with Gasteiger partial charge in [0.2, 0.25) is 5.95 Å². The third-order valence-electron chi connectivity index (χ3n) is 2.11. The average Bonchev–Trinajstić information content (AvgIpc) is 2.62. The largest absolute Gasteiger partial charge is 0.383 e. The van der Waals surface area contributed by atoms with Crippen LogP contribution in [0.3, 0.4) is 0 Å². The summed E-state index contributed by atoms with van der Waals surface area (Å²) in [5.74, 6) is 1.03. The van der Waals surface area contributed by atoms with E-state index in [1.807, 2.05) is 24.3 Å². The lowest BCUT2D eigenvalue weighted by Gasteiger charge is -2.15. The lowest BCUT2D eigenvalue weighted by molar-refractivity contribution is 0.843. The first-order chi connectivity index (χ1) is 8.04. The van der Waals surface area contributed by atoms with Crippen molar-refractivity contribution in [1.29, 1.82) is 0 Å². The summed E-state index contributed by atoms with van der Waals surface area (Å²) in [4.78, 5) is 14.8. The van der Waals surface area contributed by atoms with E-state index in [1.54, 1.807) is 17.4 Å². The van der Waals surface area contributed by atoms with Crippen molar-refractivity contribution in [2.75, 3.05) is 17.7 Å². The minimum Gasteiger partial charge on any atom is -0.383 e. The zero-order valence-electron chi connectivity index (χ0n) is 9.51. The van der Waals surface area contributed by atoms with E-state index in [9.17, 15) is 0 Å². The molecule has 0 amide bonds. The first-order valence-electron chi connectivity index (χ1n) is 4.97. The molecular weight excluding hydrogens is 302 g/mol. The van der Waals surface area contributed by atoms with Gasteiger partial charge in [0.1, 0.15) is 10.4 Å². The Labute approximate surface area is 112 Å². The van der Waals surface area contributed by atoms with Gasteiger partial charge < -0.3 is 10.6 Å². The molecule has 5 nitrogen and oxygen atoms in total. The SMILES string of the molecule is Cc1nc(CN(C)c2nc(N)cc(Br)n2)cs1. The molecule has 0 radical (unpaired) electrons. The maximum atomic E-state index is 5.67. The molecule has 2 aromatic heterocycles. The standard InChI is InChI=1S/C10H12BrN5S/c1-6-13-7(5-17-6)4-16(2)10-14-8(11)3-9(12)15-10/h3,5H,4H2,1-2H3,(H2,12,14,15). The van der Waals surface area contributed by atoms with E-state index in [1.165, 1.54) is 0 Å². The number of aromatic nitrogens is 3. The van der Waals surface area contributed by atoms with Crippen LogP contribution in [0.5, 0.6) is 0 Å². The van der Waals surface area contributed by atoms with Crippen LogP contribution in [0.2, 0.25) is 0 Å². The van der Waals surface area contributed by atoms with Gasteiger partial charge in [0, 0.05) is 18.5 Å². The summed E-state index contributed by atoms with van der Waals surface area (Å²) in [6.07, 6.45) is 0. The van der Waals surface area contributed by atoms with Crippen molar-refractivity contribution in [3.05, 3.63) is 26.8 Å². The number of hydrogen-bond acceptors (Lipinski definition) is 6. The third-order valence-corrected chi connectivity index (χ3v) is 3.34. The number of aryl methyl sites for hydroxylation is 1. The molecule has 0 aliphatic carbocycles. The average molecular weight is 314 g/mol. The molecule has 0 fully saturated rings. The number of hydrogen-bond donors (Lipinski definition) is 1. The van der Waals surface area contributed by atoms with E-state index in [0.717, 1.165) is 10.7 Å². The van der Waals surface area contributed by atoms with Crippen molar-refractivity contribution in [1.82, 2.24) is 15.0 Å². The molecule has 90 valence electrons. The summed E-state index contributed by atoms with van der Waals surface area (Å²) in [5.41, 5.74) is 6.68. The minimum absolute atomic E-state index is 0.447. The molecule has 7 heteroatoms. The molecular formula is C10H12BrN5S. The fourth-order valence-corrected chi connectivity index (χ4v) is 2.38. The second-order valence-corrected chi connectivity index (χ2v) is 5.50. The van der Waals surface area contributed by atoms with E-state index >= 15 is 0 Å². The molecule has 17 heavy (non-hydrogen) atoms. The fraction of sp³-hybridized carbons (Fsp3) is 0.300.